The zero-order valence-electron chi connectivity index (χ0n) is 15.7. The van der Waals surface area contributed by atoms with Crippen molar-refractivity contribution in [2.24, 2.45) is 10.9 Å². The van der Waals surface area contributed by atoms with Gasteiger partial charge in [0.2, 0.25) is 0 Å². The highest BCUT2D eigenvalue weighted by Crippen LogP contribution is 2.23. The van der Waals surface area contributed by atoms with Crippen molar-refractivity contribution in [1.82, 2.24) is 15.5 Å². The number of hydrogen-bond acceptors (Lipinski definition) is 2. The van der Waals surface area contributed by atoms with Gasteiger partial charge in [0.1, 0.15) is 5.82 Å². The van der Waals surface area contributed by atoms with Gasteiger partial charge in [-0.25, -0.2) is 4.39 Å². The largest absolute Gasteiger partial charge is 0.401 e. The zero-order chi connectivity index (χ0) is 19.7. The maximum absolute atomic E-state index is 13.2. The van der Waals surface area contributed by atoms with Crippen LogP contribution in [0.3, 0.4) is 0 Å². The fourth-order valence-corrected chi connectivity index (χ4v) is 3.32. The molecule has 4 nitrogen and oxygen atoms in total. The zero-order valence-corrected chi connectivity index (χ0v) is 15.7. The molecule has 0 spiro atoms. The van der Waals surface area contributed by atoms with Crippen molar-refractivity contribution in [2.45, 2.75) is 31.9 Å². The Bertz CT molecular complexity index is 596. The van der Waals surface area contributed by atoms with Crippen molar-refractivity contribution in [2.75, 3.05) is 39.8 Å². The minimum absolute atomic E-state index is 0.240. The van der Waals surface area contributed by atoms with Crippen LogP contribution in [-0.4, -0.2) is 56.8 Å². The molecule has 1 fully saturated rings. The highest BCUT2D eigenvalue weighted by Gasteiger charge is 2.32. The number of rotatable bonds is 7. The predicted octanol–water partition coefficient (Wildman–Crippen LogP) is 3.20. The third-order valence-electron chi connectivity index (χ3n) is 4.77. The van der Waals surface area contributed by atoms with Crippen LogP contribution >= 0.6 is 0 Å². The first-order valence-electron chi connectivity index (χ1n) is 9.34. The van der Waals surface area contributed by atoms with Gasteiger partial charge in [0.15, 0.2) is 5.96 Å². The van der Waals surface area contributed by atoms with Gasteiger partial charge < -0.3 is 10.6 Å². The normalized spacial score (nSPS) is 17.1. The first-order valence-corrected chi connectivity index (χ1v) is 9.34. The Balaban J connectivity index is 1.60. The third-order valence-corrected chi connectivity index (χ3v) is 4.77. The van der Waals surface area contributed by atoms with Crippen molar-refractivity contribution in [1.29, 1.82) is 0 Å². The van der Waals surface area contributed by atoms with E-state index in [4.69, 9.17) is 0 Å². The van der Waals surface area contributed by atoms with Crippen molar-refractivity contribution >= 4 is 5.96 Å². The van der Waals surface area contributed by atoms with E-state index < -0.39 is 12.7 Å². The Morgan fingerprint density at radius 2 is 1.89 bits per heavy atom. The first-order chi connectivity index (χ1) is 12.9. The molecule has 1 aromatic rings. The number of halogens is 4. The lowest BCUT2D eigenvalue weighted by Gasteiger charge is -2.32. The fraction of sp³-hybridized carbons (Fsp3) is 0.632. The number of nitrogens with zero attached hydrogens (tertiary/aromatic N) is 2. The van der Waals surface area contributed by atoms with Crippen LogP contribution in [0, 0.1) is 11.7 Å². The average molecular weight is 388 g/mol. The van der Waals surface area contributed by atoms with E-state index in [2.05, 4.69) is 15.6 Å². The summed E-state index contributed by atoms with van der Waals surface area (Å²) in [5.74, 6) is 0.879. The lowest BCUT2D eigenvalue weighted by atomic mass is 9.93. The van der Waals surface area contributed by atoms with Crippen LogP contribution in [0.2, 0.25) is 0 Å². The number of aliphatic imine (C=N–C) groups is 1. The molecule has 1 aliphatic heterocycles. The standard InChI is InChI=1S/C19H28F4N4/c1-24-18(26-10-6-16-3-2-4-17(20)13-16)25-9-5-15-7-11-27(12-8-15)14-19(21,22)23/h2-4,13,15H,5-12,14H2,1H3,(H2,24,25,26). The van der Waals surface area contributed by atoms with Crippen molar-refractivity contribution in [3.8, 4) is 0 Å². The van der Waals surface area contributed by atoms with Gasteiger partial charge in [-0.05, 0) is 62.4 Å². The maximum atomic E-state index is 13.2. The lowest BCUT2D eigenvalue weighted by molar-refractivity contribution is -0.148. The number of benzene rings is 1. The minimum atomic E-state index is -4.11. The second-order valence-corrected chi connectivity index (χ2v) is 6.93. The Kier molecular flexibility index (Phi) is 8.34. The molecule has 0 saturated carbocycles. The van der Waals surface area contributed by atoms with Crippen LogP contribution < -0.4 is 10.6 Å². The van der Waals surface area contributed by atoms with E-state index in [0.29, 0.717) is 37.9 Å². The molecule has 0 unspecified atom stereocenters. The van der Waals surface area contributed by atoms with Crippen LogP contribution in [0.1, 0.15) is 24.8 Å². The summed E-state index contributed by atoms with van der Waals surface area (Å²) in [6.45, 7) is 1.57. The summed E-state index contributed by atoms with van der Waals surface area (Å²) < 4.78 is 50.4. The van der Waals surface area contributed by atoms with Crippen LogP contribution in [0.15, 0.2) is 29.3 Å². The summed E-state index contributed by atoms with van der Waals surface area (Å²) >= 11 is 0. The molecule has 1 saturated heterocycles. The van der Waals surface area contributed by atoms with E-state index in [0.717, 1.165) is 31.4 Å². The van der Waals surface area contributed by atoms with Crippen molar-refractivity contribution in [3.63, 3.8) is 0 Å². The van der Waals surface area contributed by atoms with Gasteiger partial charge >= 0.3 is 6.18 Å². The third kappa shape index (κ3) is 8.60. The van der Waals surface area contributed by atoms with Crippen molar-refractivity contribution in [3.05, 3.63) is 35.6 Å². The number of nitrogens with one attached hydrogen (secondary N) is 2. The van der Waals surface area contributed by atoms with Gasteiger partial charge in [-0.2, -0.15) is 13.2 Å². The molecule has 0 atom stereocenters. The Morgan fingerprint density at radius 3 is 2.52 bits per heavy atom. The van der Waals surface area contributed by atoms with Gasteiger partial charge in [-0.1, -0.05) is 12.1 Å². The summed E-state index contributed by atoms with van der Waals surface area (Å²) in [6.07, 6.45) is -0.925. The Morgan fingerprint density at radius 1 is 1.19 bits per heavy atom. The molecule has 0 aliphatic carbocycles. The van der Waals surface area contributed by atoms with E-state index in [1.54, 1.807) is 13.1 Å². The molecule has 0 radical (unpaired) electrons. The molecule has 8 heteroatoms. The Labute approximate surface area is 158 Å². The van der Waals surface area contributed by atoms with Crippen molar-refractivity contribution < 1.29 is 17.6 Å². The molecular weight excluding hydrogens is 360 g/mol. The lowest BCUT2D eigenvalue weighted by Crippen LogP contribution is -2.42. The average Bonchev–Trinajstić information content (AvgIpc) is 2.60. The quantitative estimate of drug-likeness (QED) is 0.428. The molecule has 152 valence electrons. The van der Waals surface area contributed by atoms with Gasteiger partial charge in [0.05, 0.1) is 6.54 Å². The molecule has 0 bridgehead atoms. The number of alkyl halides is 3. The maximum Gasteiger partial charge on any atom is 0.401 e. The number of likely N-dealkylation sites (tertiary alicyclic amines) is 1. The number of guanidine groups is 1. The monoisotopic (exact) mass is 388 g/mol. The van der Waals surface area contributed by atoms with E-state index in [1.165, 1.54) is 17.0 Å². The van der Waals surface area contributed by atoms with Crippen LogP contribution in [0.5, 0.6) is 0 Å². The van der Waals surface area contributed by atoms with E-state index in [-0.39, 0.29) is 5.82 Å². The highest BCUT2D eigenvalue weighted by atomic mass is 19.4. The molecule has 0 amide bonds. The topological polar surface area (TPSA) is 39.7 Å². The van der Waals surface area contributed by atoms with Gasteiger partial charge in [-0.3, -0.25) is 9.89 Å². The van der Waals surface area contributed by atoms with Gasteiger partial charge in [0, 0.05) is 20.1 Å². The second-order valence-electron chi connectivity index (χ2n) is 6.93. The highest BCUT2D eigenvalue weighted by molar-refractivity contribution is 5.79. The molecular formula is C19H28F4N4. The molecule has 2 rings (SSSR count). The van der Waals surface area contributed by atoms with Crippen LogP contribution in [-0.2, 0) is 6.42 Å². The number of piperidine rings is 1. The van der Waals surface area contributed by atoms with E-state index >= 15 is 0 Å². The molecule has 2 N–H and O–H groups in total. The smallest absolute Gasteiger partial charge is 0.356 e. The molecule has 0 aromatic heterocycles. The van der Waals surface area contributed by atoms with Gasteiger partial charge in [0.25, 0.3) is 0 Å². The molecule has 1 aromatic carbocycles. The second kappa shape index (κ2) is 10.5. The summed E-state index contributed by atoms with van der Waals surface area (Å²) in [5.41, 5.74) is 0.920. The minimum Gasteiger partial charge on any atom is -0.356 e. The summed E-state index contributed by atoms with van der Waals surface area (Å²) in [6, 6.07) is 6.51. The molecule has 27 heavy (non-hydrogen) atoms. The van der Waals surface area contributed by atoms with Gasteiger partial charge in [-0.15, -0.1) is 0 Å². The summed E-state index contributed by atoms with van der Waals surface area (Å²) in [4.78, 5) is 5.64. The molecule has 1 heterocycles. The Hall–Kier alpha value is -1.83. The first kappa shape index (κ1) is 21.5. The summed E-state index contributed by atoms with van der Waals surface area (Å²) in [7, 11) is 1.69. The summed E-state index contributed by atoms with van der Waals surface area (Å²) in [5, 5.41) is 6.43. The van der Waals surface area contributed by atoms with Crippen LogP contribution in [0.4, 0.5) is 17.6 Å². The predicted molar refractivity (Wildman–Crippen MR) is 99.3 cm³/mol. The van der Waals surface area contributed by atoms with E-state index in [1.807, 2.05) is 6.07 Å². The SMILES string of the molecule is CN=C(NCCc1cccc(F)c1)NCCC1CCN(CC(F)(F)F)CC1. The molecule has 1 aliphatic rings. The van der Waals surface area contributed by atoms with E-state index in [9.17, 15) is 17.6 Å². The van der Waals surface area contributed by atoms with Crippen LogP contribution in [0.25, 0.3) is 0 Å². The number of hydrogen-bond donors (Lipinski definition) is 2. The fourth-order valence-electron chi connectivity index (χ4n) is 3.32.